The van der Waals surface area contributed by atoms with E-state index >= 15 is 0 Å². The van der Waals surface area contributed by atoms with Gasteiger partial charge in [-0.25, -0.2) is 9.79 Å². The molecule has 1 aromatic heterocycles. The number of halogens is 1. The fourth-order valence-electron chi connectivity index (χ4n) is 2.96. The Labute approximate surface area is 199 Å². The first-order valence-electron chi connectivity index (χ1n) is 9.37. The number of amidine groups is 1. The van der Waals surface area contributed by atoms with Gasteiger partial charge in [-0.3, -0.25) is 19.8 Å². The van der Waals surface area contributed by atoms with Crippen molar-refractivity contribution in [3.05, 3.63) is 85.4 Å². The lowest BCUT2D eigenvalue weighted by molar-refractivity contribution is -0.384. The first-order valence-corrected chi connectivity index (χ1v) is 11.0. The van der Waals surface area contributed by atoms with Crippen molar-refractivity contribution in [1.29, 1.82) is 0 Å². The normalized spacial score (nSPS) is 16.1. The second-order valence-corrected chi connectivity index (χ2v) is 8.71. The Morgan fingerprint density at radius 3 is 2.58 bits per heavy atom. The van der Waals surface area contributed by atoms with E-state index < -0.39 is 10.9 Å². The average Bonchev–Trinajstić information content (AvgIpc) is 3.34. The molecule has 2 aromatic carbocycles. The number of nitro groups is 1. The van der Waals surface area contributed by atoms with Crippen LogP contribution in [0.5, 0.6) is 0 Å². The number of thioether (sulfide) groups is 1. The summed E-state index contributed by atoms with van der Waals surface area (Å²) in [5.41, 5.74) is 1.27. The van der Waals surface area contributed by atoms with E-state index in [1.165, 1.54) is 40.9 Å². The molecule has 1 saturated heterocycles. The van der Waals surface area contributed by atoms with Gasteiger partial charge in [0.1, 0.15) is 11.5 Å². The number of nitrogens with zero attached hydrogens (tertiary/aromatic N) is 3. The van der Waals surface area contributed by atoms with Crippen molar-refractivity contribution in [3.8, 4) is 11.3 Å². The molecule has 3 aromatic rings. The monoisotopic (exact) mass is 527 g/mol. The van der Waals surface area contributed by atoms with Gasteiger partial charge in [-0.1, -0.05) is 0 Å². The van der Waals surface area contributed by atoms with Gasteiger partial charge < -0.3 is 9.52 Å². The van der Waals surface area contributed by atoms with Crippen LogP contribution in [0.15, 0.2) is 73.4 Å². The zero-order valence-corrected chi connectivity index (χ0v) is 19.3. The van der Waals surface area contributed by atoms with Crippen molar-refractivity contribution >= 4 is 62.2 Å². The van der Waals surface area contributed by atoms with Gasteiger partial charge in [0.05, 0.1) is 21.1 Å². The van der Waals surface area contributed by atoms with Gasteiger partial charge in [-0.15, -0.1) is 0 Å². The van der Waals surface area contributed by atoms with Gasteiger partial charge in [0, 0.05) is 35.3 Å². The molecule has 1 fully saturated rings. The van der Waals surface area contributed by atoms with Gasteiger partial charge in [0.2, 0.25) is 0 Å². The van der Waals surface area contributed by atoms with E-state index in [-0.39, 0.29) is 17.2 Å². The number of nitro benzene ring substituents is 1. The molecule has 1 aliphatic heterocycles. The minimum atomic E-state index is -1.03. The molecule has 0 spiro atoms. The molecule has 0 bridgehead atoms. The Kier molecular flexibility index (Phi) is 6.16. The lowest BCUT2D eigenvalue weighted by Gasteiger charge is -2.07. The number of likely N-dealkylation sites (N-methyl/N-ethyl adjacent to an activating group) is 1. The summed E-state index contributed by atoms with van der Waals surface area (Å²) >= 11 is 4.49. The Balaban J connectivity index is 1.56. The summed E-state index contributed by atoms with van der Waals surface area (Å²) in [6.07, 6.45) is 1.60. The number of non-ortho nitro benzene ring substituents is 1. The lowest BCUT2D eigenvalue weighted by atomic mass is 10.1. The van der Waals surface area contributed by atoms with Crippen molar-refractivity contribution in [3.63, 3.8) is 0 Å². The van der Waals surface area contributed by atoms with Gasteiger partial charge in [0.15, 0.2) is 5.17 Å². The molecule has 11 heteroatoms. The Morgan fingerprint density at radius 1 is 1.21 bits per heavy atom. The number of rotatable bonds is 5. The highest BCUT2D eigenvalue weighted by molar-refractivity contribution is 9.10. The molecule has 1 aliphatic rings. The average molecular weight is 528 g/mol. The maximum atomic E-state index is 12.7. The Hall–Kier alpha value is -3.70. The molecule has 2 heterocycles. The smallest absolute Gasteiger partial charge is 0.335 e. The molecule has 33 heavy (non-hydrogen) atoms. The van der Waals surface area contributed by atoms with Crippen LogP contribution in [-0.2, 0) is 4.79 Å². The number of benzene rings is 2. The number of carbonyl (C=O) groups is 2. The van der Waals surface area contributed by atoms with Gasteiger partial charge in [-0.2, -0.15) is 0 Å². The number of furan rings is 1. The molecule has 0 aliphatic carbocycles. The van der Waals surface area contributed by atoms with Crippen LogP contribution in [0, 0.1) is 10.1 Å². The van der Waals surface area contributed by atoms with Crippen LogP contribution in [0.25, 0.3) is 17.4 Å². The Bertz CT molecular complexity index is 1350. The quantitative estimate of drug-likeness (QED) is 0.261. The van der Waals surface area contributed by atoms with E-state index in [0.29, 0.717) is 37.3 Å². The number of hydrogen-bond acceptors (Lipinski definition) is 7. The van der Waals surface area contributed by atoms with Crippen LogP contribution >= 0.6 is 27.7 Å². The fraction of sp³-hybridized carbons (Fsp3) is 0.0455. The highest BCUT2D eigenvalue weighted by atomic mass is 79.9. The van der Waals surface area contributed by atoms with E-state index in [0.717, 1.165) is 0 Å². The maximum absolute atomic E-state index is 12.7. The van der Waals surface area contributed by atoms with Gasteiger partial charge in [-0.05, 0) is 70.2 Å². The predicted octanol–water partition coefficient (Wildman–Crippen LogP) is 5.55. The van der Waals surface area contributed by atoms with Crippen molar-refractivity contribution in [1.82, 2.24) is 4.90 Å². The number of carbonyl (C=O) groups excluding carboxylic acids is 1. The second kappa shape index (κ2) is 9.04. The SMILES string of the molecule is CN1C(=O)/C(=C/c2ccc(-c3ccc([N+](=O)[O-])cc3Br)o2)SC1=Nc1ccc(C(=O)O)cc1. The van der Waals surface area contributed by atoms with E-state index in [4.69, 9.17) is 9.52 Å². The van der Waals surface area contributed by atoms with Gasteiger partial charge >= 0.3 is 5.97 Å². The van der Waals surface area contributed by atoms with Crippen LogP contribution in [0.3, 0.4) is 0 Å². The molecule has 1 amide bonds. The highest BCUT2D eigenvalue weighted by Gasteiger charge is 2.30. The van der Waals surface area contributed by atoms with E-state index in [2.05, 4.69) is 20.9 Å². The third-order valence-corrected chi connectivity index (χ3v) is 6.39. The lowest BCUT2D eigenvalue weighted by Crippen LogP contribution is -2.23. The first-order chi connectivity index (χ1) is 15.7. The minimum Gasteiger partial charge on any atom is -0.478 e. The van der Waals surface area contributed by atoms with Crippen LogP contribution in [0.2, 0.25) is 0 Å². The van der Waals surface area contributed by atoms with Crippen LogP contribution in [0.1, 0.15) is 16.1 Å². The van der Waals surface area contributed by atoms with Crippen LogP contribution in [-0.4, -0.2) is 39.0 Å². The standard InChI is InChI=1S/C22H14BrN3O6S/c1-25-20(27)19(33-22(25)24-13-4-2-12(3-5-13)21(28)29)11-15-7-9-18(32-15)16-8-6-14(26(30)31)10-17(16)23/h2-11H,1H3,(H,28,29)/b19-11-,24-22?. The number of carboxylic acid groups (broad SMARTS) is 1. The summed E-state index contributed by atoms with van der Waals surface area (Å²) in [5.74, 6) is -0.359. The summed E-state index contributed by atoms with van der Waals surface area (Å²) in [5, 5.41) is 20.4. The molecule has 0 atom stereocenters. The molecule has 0 saturated carbocycles. The Morgan fingerprint density at radius 2 is 1.94 bits per heavy atom. The topological polar surface area (TPSA) is 126 Å². The molecule has 1 N–H and O–H groups in total. The third-order valence-electron chi connectivity index (χ3n) is 4.67. The first kappa shape index (κ1) is 22.5. The second-order valence-electron chi connectivity index (χ2n) is 6.84. The van der Waals surface area contributed by atoms with E-state index in [1.807, 2.05) is 0 Å². The molecule has 4 rings (SSSR count). The molecular weight excluding hydrogens is 514 g/mol. The van der Waals surface area contributed by atoms with Crippen molar-refractivity contribution in [2.24, 2.45) is 4.99 Å². The molecule has 0 unspecified atom stereocenters. The number of amides is 1. The maximum Gasteiger partial charge on any atom is 0.335 e. The highest BCUT2D eigenvalue weighted by Crippen LogP contribution is 2.36. The minimum absolute atomic E-state index is 0.0417. The largest absolute Gasteiger partial charge is 0.478 e. The summed E-state index contributed by atoms with van der Waals surface area (Å²) < 4.78 is 6.34. The summed E-state index contributed by atoms with van der Waals surface area (Å²) in [7, 11) is 1.60. The van der Waals surface area contributed by atoms with Crippen LogP contribution in [0.4, 0.5) is 11.4 Å². The predicted molar refractivity (Wildman–Crippen MR) is 127 cm³/mol. The van der Waals surface area contributed by atoms with Crippen molar-refractivity contribution < 1.29 is 24.0 Å². The zero-order valence-electron chi connectivity index (χ0n) is 16.9. The number of hydrogen-bond donors (Lipinski definition) is 1. The van der Waals surface area contributed by atoms with Crippen molar-refractivity contribution in [2.75, 3.05) is 7.05 Å². The molecular formula is C22H14BrN3O6S. The van der Waals surface area contributed by atoms with Crippen LogP contribution < -0.4 is 0 Å². The summed E-state index contributed by atoms with van der Waals surface area (Å²) in [4.78, 5) is 40.3. The number of aromatic carboxylic acids is 1. The number of aliphatic imine (C=N–C) groups is 1. The zero-order chi connectivity index (χ0) is 23.7. The van der Waals surface area contributed by atoms with E-state index in [1.54, 1.807) is 43.5 Å². The molecule has 0 radical (unpaired) electrons. The van der Waals surface area contributed by atoms with Gasteiger partial charge in [0.25, 0.3) is 11.6 Å². The fourth-order valence-corrected chi connectivity index (χ4v) is 4.49. The summed E-state index contributed by atoms with van der Waals surface area (Å²) in [6, 6.07) is 13.8. The molecule has 166 valence electrons. The summed E-state index contributed by atoms with van der Waals surface area (Å²) in [6.45, 7) is 0. The van der Waals surface area contributed by atoms with Crippen molar-refractivity contribution in [2.45, 2.75) is 0 Å². The molecule has 9 nitrogen and oxygen atoms in total. The number of carboxylic acids is 1. The van der Waals surface area contributed by atoms with E-state index in [9.17, 15) is 19.7 Å². The third kappa shape index (κ3) is 4.73.